The van der Waals surface area contributed by atoms with Crippen LogP contribution in [-0.2, 0) is 12.8 Å². The first-order valence-corrected chi connectivity index (χ1v) is 13.8. The summed E-state index contributed by atoms with van der Waals surface area (Å²) >= 11 is 6.55. The molecule has 188 valence electrons. The molecule has 3 aromatic rings. The lowest BCUT2D eigenvalue weighted by atomic mass is 9.82. The van der Waals surface area contributed by atoms with Crippen molar-refractivity contribution in [2.75, 3.05) is 0 Å². The second-order valence-corrected chi connectivity index (χ2v) is 12.0. The number of aryl methyl sites for hydroxylation is 2. The molecule has 0 saturated heterocycles. The third-order valence-corrected chi connectivity index (χ3v) is 8.08. The molecule has 0 amide bonds. The minimum atomic E-state index is 0.437. The fourth-order valence-corrected chi connectivity index (χ4v) is 5.67. The van der Waals surface area contributed by atoms with Crippen LogP contribution in [-0.4, -0.2) is 0 Å². The molecular formula is C34H45Cl. The van der Waals surface area contributed by atoms with Gasteiger partial charge in [-0.1, -0.05) is 96.5 Å². The van der Waals surface area contributed by atoms with Gasteiger partial charge in [-0.05, 0) is 119 Å². The molecule has 35 heavy (non-hydrogen) atoms. The van der Waals surface area contributed by atoms with Crippen LogP contribution < -0.4 is 0 Å². The lowest BCUT2D eigenvalue weighted by molar-refractivity contribution is 0.712. The molecule has 0 radical (unpaired) electrons. The Morgan fingerprint density at radius 1 is 0.600 bits per heavy atom. The van der Waals surface area contributed by atoms with Gasteiger partial charge >= 0.3 is 0 Å². The molecule has 1 atom stereocenters. The lowest BCUT2D eigenvalue weighted by Gasteiger charge is -2.23. The van der Waals surface area contributed by atoms with Crippen molar-refractivity contribution in [3.8, 4) is 0 Å². The Morgan fingerprint density at radius 3 is 1.80 bits per heavy atom. The fourth-order valence-electron chi connectivity index (χ4n) is 5.48. The molecule has 0 heterocycles. The summed E-state index contributed by atoms with van der Waals surface area (Å²) in [5.41, 5.74) is 14.1. The number of benzene rings is 3. The van der Waals surface area contributed by atoms with E-state index in [2.05, 4.69) is 112 Å². The number of halogens is 1. The lowest BCUT2D eigenvalue weighted by Crippen LogP contribution is -2.08. The molecule has 0 fully saturated rings. The summed E-state index contributed by atoms with van der Waals surface area (Å²) in [7, 11) is 0. The predicted octanol–water partition coefficient (Wildman–Crippen LogP) is 10.6. The third kappa shape index (κ3) is 6.39. The van der Waals surface area contributed by atoms with E-state index >= 15 is 0 Å². The van der Waals surface area contributed by atoms with Crippen molar-refractivity contribution in [3.05, 3.63) is 103 Å². The summed E-state index contributed by atoms with van der Waals surface area (Å²) in [5, 5.41) is 0.880. The Bertz CT molecular complexity index is 1180. The van der Waals surface area contributed by atoms with E-state index in [9.17, 15) is 0 Å². The van der Waals surface area contributed by atoms with E-state index in [-0.39, 0.29) is 0 Å². The van der Waals surface area contributed by atoms with E-state index in [4.69, 9.17) is 11.6 Å². The largest absolute Gasteiger partial charge is 0.0840 e. The Kier molecular flexibility index (Phi) is 8.92. The van der Waals surface area contributed by atoms with Gasteiger partial charge in [-0.3, -0.25) is 0 Å². The number of rotatable bonds is 8. The van der Waals surface area contributed by atoms with Crippen molar-refractivity contribution in [3.63, 3.8) is 0 Å². The second kappa shape index (κ2) is 11.3. The molecule has 0 nitrogen and oxygen atoms in total. The van der Waals surface area contributed by atoms with E-state index < -0.39 is 0 Å². The molecular weight excluding hydrogens is 444 g/mol. The van der Waals surface area contributed by atoms with Crippen molar-refractivity contribution in [1.29, 1.82) is 0 Å². The highest BCUT2D eigenvalue weighted by atomic mass is 35.5. The molecule has 0 aliphatic rings. The van der Waals surface area contributed by atoms with Crippen molar-refractivity contribution < 1.29 is 0 Å². The van der Waals surface area contributed by atoms with Gasteiger partial charge in [0.15, 0.2) is 0 Å². The standard InChI is InChI=1S/C34H45Cl/c1-20(2)31-18-28(13-23(7)26(31)10)16-27-11-12-30(33(17-27)22(5)6)24(8)14-29-19-34(35)25(9)15-32(29)21(3)4/h11-13,15,17-22,24H,14,16H2,1-10H3. The van der Waals surface area contributed by atoms with Gasteiger partial charge in [0.25, 0.3) is 0 Å². The van der Waals surface area contributed by atoms with Gasteiger partial charge in [-0.25, -0.2) is 0 Å². The molecule has 1 unspecified atom stereocenters. The summed E-state index contributed by atoms with van der Waals surface area (Å²) in [6, 6.07) is 16.5. The first kappa shape index (κ1) is 27.5. The average Bonchev–Trinajstić information content (AvgIpc) is 2.77. The van der Waals surface area contributed by atoms with Crippen LogP contribution in [0.1, 0.15) is 128 Å². The van der Waals surface area contributed by atoms with Crippen LogP contribution in [0.5, 0.6) is 0 Å². The van der Waals surface area contributed by atoms with Gasteiger partial charge in [0, 0.05) is 5.02 Å². The van der Waals surface area contributed by atoms with Crippen molar-refractivity contribution >= 4 is 11.6 Å². The molecule has 1 heteroatoms. The van der Waals surface area contributed by atoms with Crippen LogP contribution in [0.25, 0.3) is 0 Å². The summed E-state index contributed by atoms with van der Waals surface area (Å²) in [6.45, 7) is 22.8. The van der Waals surface area contributed by atoms with E-state index in [1.807, 2.05) is 0 Å². The van der Waals surface area contributed by atoms with E-state index in [1.165, 1.54) is 55.6 Å². The smallest absolute Gasteiger partial charge is 0.0438 e. The predicted molar refractivity (Wildman–Crippen MR) is 156 cm³/mol. The zero-order chi connectivity index (χ0) is 26.0. The zero-order valence-corrected chi connectivity index (χ0v) is 24.4. The molecule has 0 bridgehead atoms. The molecule has 0 spiro atoms. The SMILES string of the molecule is Cc1cc(C(C)C)c(CC(C)c2ccc(Cc3cc(C)c(C)c(C(C)C)c3)cc2C(C)C)cc1Cl. The van der Waals surface area contributed by atoms with E-state index in [1.54, 1.807) is 0 Å². The first-order chi connectivity index (χ1) is 16.4. The maximum Gasteiger partial charge on any atom is 0.0438 e. The zero-order valence-electron chi connectivity index (χ0n) is 23.6. The van der Waals surface area contributed by atoms with Gasteiger partial charge in [0.1, 0.15) is 0 Å². The maximum absolute atomic E-state index is 6.55. The van der Waals surface area contributed by atoms with Gasteiger partial charge in [-0.15, -0.1) is 0 Å². The average molecular weight is 489 g/mol. The molecule has 0 aromatic heterocycles. The molecule has 0 N–H and O–H groups in total. The highest BCUT2D eigenvalue weighted by molar-refractivity contribution is 6.31. The van der Waals surface area contributed by atoms with Crippen LogP contribution in [0.15, 0.2) is 42.5 Å². The van der Waals surface area contributed by atoms with E-state index in [0.29, 0.717) is 23.7 Å². The Labute approximate surface area is 220 Å². The van der Waals surface area contributed by atoms with Crippen LogP contribution in [0.4, 0.5) is 0 Å². The van der Waals surface area contributed by atoms with Crippen LogP contribution in [0.2, 0.25) is 5.02 Å². The summed E-state index contributed by atoms with van der Waals surface area (Å²) in [4.78, 5) is 0. The molecule has 0 saturated carbocycles. The normalized spacial score (nSPS) is 12.7. The van der Waals surface area contributed by atoms with Gasteiger partial charge in [0.05, 0.1) is 0 Å². The number of hydrogen-bond donors (Lipinski definition) is 0. The molecule has 0 aliphatic heterocycles. The monoisotopic (exact) mass is 488 g/mol. The van der Waals surface area contributed by atoms with Crippen LogP contribution >= 0.6 is 11.6 Å². The second-order valence-electron chi connectivity index (χ2n) is 11.6. The Hall–Kier alpha value is -2.05. The summed E-state index contributed by atoms with van der Waals surface area (Å²) in [5.74, 6) is 1.97. The fraction of sp³-hybridized carbons (Fsp3) is 0.471. The van der Waals surface area contributed by atoms with Crippen molar-refractivity contribution in [2.45, 2.75) is 106 Å². The minimum absolute atomic E-state index is 0.437. The molecule has 3 aromatic carbocycles. The number of hydrogen-bond acceptors (Lipinski definition) is 0. The Balaban J connectivity index is 1.93. The molecule has 3 rings (SSSR count). The molecule has 0 aliphatic carbocycles. The highest BCUT2D eigenvalue weighted by Gasteiger charge is 2.18. The third-order valence-electron chi connectivity index (χ3n) is 7.67. The minimum Gasteiger partial charge on any atom is -0.0840 e. The summed E-state index contributed by atoms with van der Waals surface area (Å²) in [6.07, 6.45) is 2.00. The van der Waals surface area contributed by atoms with Crippen molar-refractivity contribution in [2.24, 2.45) is 0 Å². The van der Waals surface area contributed by atoms with E-state index in [0.717, 1.165) is 17.9 Å². The van der Waals surface area contributed by atoms with Gasteiger partial charge < -0.3 is 0 Å². The first-order valence-electron chi connectivity index (χ1n) is 13.4. The highest BCUT2D eigenvalue weighted by Crippen LogP contribution is 2.34. The maximum atomic E-state index is 6.55. The summed E-state index contributed by atoms with van der Waals surface area (Å²) < 4.78 is 0. The van der Waals surface area contributed by atoms with Gasteiger partial charge in [0.2, 0.25) is 0 Å². The van der Waals surface area contributed by atoms with Crippen LogP contribution in [0, 0.1) is 20.8 Å². The van der Waals surface area contributed by atoms with Crippen molar-refractivity contribution in [1.82, 2.24) is 0 Å². The van der Waals surface area contributed by atoms with Crippen LogP contribution in [0.3, 0.4) is 0 Å². The van der Waals surface area contributed by atoms with Gasteiger partial charge in [-0.2, -0.15) is 0 Å². The topological polar surface area (TPSA) is 0 Å². The quantitative estimate of drug-likeness (QED) is 0.295. The Morgan fingerprint density at radius 2 is 1.20 bits per heavy atom.